The number of carbonyl (C=O) groups excluding carboxylic acids is 6. The van der Waals surface area contributed by atoms with Crippen molar-refractivity contribution < 1.29 is 122 Å². The lowest BCUT2D eigenvalue weighted by Gasteiger charge is -2.42. The van der Waals surface area contributed by atoms with Gasteiger partial charge in [-0.3, -0.25) is 43.5 Å². The van der Waals surface area contributed by atoms with E-state index in [1.54, 1.807) is 14.7 Å². The lowest BCUT2D eigenvalue weighted by Crippen LogP contribution is -2.61. The molecule has 0 bridgehead atoms. The van der Waals surface area contributed by atoms with Crippen LogP contribution < -0.4 is 16.4 Å². The summed E-state index contributed by atoms with van der Waals surface area (Å²) in [5, 5.41) is 101. The van der Waals surface area contributed by atoms with Crippen LogP contribution in [-0.4, -0.2) is 315 Å². The first-order chi connectivity index (χ1) is 36.7. The number of hydrogen-bond donors (Lipinski definition) is 12. The summed E-state index contributed by atoms with van der Waals surface area (Å²) < 4.78 is 52.9. The van der Waals surface area contributed by atoms with Crippen LogP contribution in [0.3, 0.4) is 0 Å². The summed E-state index contributed by atoms with van der Waals surface area (Å²) in [5.74, 6) is -3.16. The molecule has 0 radical (unpaired) electrons. The molecule has 31 heteroatoms. The number of esters is 4. The van der Waals surface area contributed by atoms with Gasteiger partial charge >= 0.3 is 23.9 Å². The summed E-state index contributed by atoms with van der Waals surface area (Å²) >= 11 is 0. The van der Waals surface area contributed by atoms with Gasteiger partial charge in [0, 0.05) is 91.4 Å². The Morgan fingerprint density at radius 3 is 0.922 bits per heavy atom. The second-order valence-corrected chi connectivity index (χ2v) is 18.4. The number of carbonyl (C=O) groups is 6. The molecule has 0 spiro atoms. The number of nitrogens with two attached hydrogens (primary N) is 1. The summed E-state index contributed by atoms with van der Waals surface area (Å²) in [6.07, 6.45) is -23.5. The molecule has 0 aliphatic carbocycles. The smallest absolute Gasteiger partial charge is 0.306 e. The minimum Gasteiger partial charge on any atom is -0.469 e. The van der Waals surface area contributed by atoms with E-state index < -0.39 is 128 Å². The summed E-state index contributed by atoms with van der Waals surface area (Å²) in [6.45, 7) is -0.855. The van der Waals surface area contributed by atoms with Crippen molar-refractivity contribution >= 4 is 35.7 Å². The van der Waals surface area contributed by atoms with Crippen LogP contribution in [0.2, 0.25) is 0 Å². The normalized spacial score (nSPS) is 29.5. The maximum atomic E-state index is 13.1. The fourth-order valence-corrected chi connectivity index (χ4v) is 8.28. The highest BCUT2D eigenvalue weighted by atomic mass is 16.7. The van der Waals surface area contributed by atoms with Crippen molar-refractivity contribution in [2.45, 2.75) is 131 Å². The van der Waals surface area contributed by atoms with Gasteiger partial charge in [-0.2, -0.15) is 0 Å². The zero-order valence-electron chi connectivity index (χ0n) is 44.0. The standard InChI is InChI=1S/C46H82N6O25/c1-68-31(55)7-16-51(17-8-32(56)69-2)24-27-36(60)39(63)42(66)45(76-27)73-21-12-48-29(53)5-14-50(23-26-35(59)38(62)41(65)44(75-26)72-20-11-47)15-6-30(54)49-13-22-74-46-43(67)40(64)37(61)28(77-46)25-52(18-9-33(57)70-3)19-10-34(58)71-4/h26-28,35-46,59-67H,5-25,47H2,1-4H3,(H,48,53)(H,49,54)/t26-,27-,28-,35-,36-,37-,38+,39+,40+,41-,42-,43-,44-,45-,46-/m1/s1. The monoisotopic (exact) mass is 1120 g/mol. The molecular formula is C46H82N6O25. The first kappa shape index (κ1) is 67.3. The van der Waals surface area contributed by atoms with Gasteiger partial charge in [0.2, 0.25) is 11.8 Å². The van der Waals surface area contributed by atoms with Crippen LogP contribution in [0.1, 0.15) is 38.5 Å². The zero-order chi connectivity index (χ0) is 57.2. The van der Waals surface area contributed by atoms with Gasteiger partial charge in [-0.1, -0.05) is 0 Å². The van der Waals surface area contributed by atoms with Gasteiger partial charge in [0.1, 0.15) is 73.2 Å². The van der Waals surface area contributed by atoms with E-state index in [2.05, 4.69) is 10.6 Å². The largest absolute Gasteiger partial charge is 0.469 e. The number of rotatable bonds is 35. The van der Waals surface area contributed by atoms with Crippen molar-refractivity contribution in [3.8, 4) is 0 Å². The Kier molecular flexibility index (Phi) is 31.2. The van der Waals surface area contributed by atoms with E-state index in [9.17, 15) is 74.7 Å². The van der Waals surface area contributed by atoms with E-state index in [0.717, 1.165) is 0 Å². The van der Waals surface area contributed by atoms with Gasteiger partial charge in [0.05, 0.1) is 73.9 Å². The fraction of sp³-hybridized carbons (Fsp3) is 0.870. The Labute approximate surface area is 445 Å². The number of nitrogens with zero attached hydrogens (tertiary/aromatic N) is 3. The van der Waals surface area contributed by atoms with Crippen LogP contribution in [0.15, 0.2) is 0 Å². The van der Waals surface area contributed by atoms with Crippen LogP contribution in [-0.2, 0) is 76.1 Å². The van der Waals surface area contributed by atoms with E-state index >= 15 is 0 Å². The summed E-state index contributed by atoms with van der Waals surface area (Å²) in [4.78, 5) is 78.4. The highest BCUT2D eigenvalue weighted by molar-refractivity contribution is 5.76. The topological polar surface area (TPSA) is 437 Å². The molecule has 3 aliphatic rings. The molecule has 15 atom stereocenters. The molecule has 3 saturated heterocycles. The number of methoxy groups -OCH3 is 4. The molecule has 13 N–H and O–H groups in total. The highest BCUT2D eigenvalue weighted by Gasteiger charge is 2.47. The molecule has 31 nitrogen and oxygen atoms in total. The van der Waals surface area contributed by atoms with Crippen molar-refractivity contribution in [1.29, 1.82) is 0 Å². The van der Waals surface area contributed by atoms with Crippen molar-refractivity contribution in [2.75, 3.05) is 127 Å². The Hall–Kier alpha value is -3.94. The fourth-order valence-electron chi connectivity index (χ4n) is 8.28. The number of amides is 2. The quantitative estimate of drug-likeness (QED) is 0.0159. The predicted octanol–water partition coefficient (Wildman–Crippen LogP) is -8.41. The minimum absolute atomic E-state index is 0.0453. The molecule has 0 saturated carbocycles. The lowest BCUT2D eigenvalue weighted by molar-refractivity contribution is -0.298. The molecule has 3 fully saturated rings. The average Bonchev–Trinajstić information content (AvgIpc) is 3.43. The number of ether oxygens (including phenoxy) is 10. The number of aliphatic hydroxyl groups is 9. The number of hydrogen-bond acceptors (Lipinski definition) is 29. The minimum atomic E-state index is -1.72. The van der Waals surface area contributed by atoms with Gasteiger partial charge in [-0.15, -0.1) is 0 Å². The Morgan fingerprint density at radius 2 is 0.662 bits per heavy atom. The van der Waals surface area contributed by atoms with E-state index in [-0.39, 0.29) is 137 Å². The maximum Gasteiger partial charge on any atom is 0.306 e. The first-order valence-corrected chi connectivity index (χ1v) is 25.3. The first-order valence-electron chi connectivity index (χ1n) is 25.3. The van der Waals surface area contributed by atoms with E-state index in [4.69, 9.17) is 53.1 Å². The molecule has 2 amide bonds. The van der Waals surface area contributed by atoms with Crippen LogP contribution in [0, 0.1) is 0 Å². The van der Waals surface area contributed by atoms with Crippen molar-refractivity contribution in [3.63, 3.8) is 0 Å². The van der Waals surface area contributed by atoms with Crippen molar-refractivity contribution in [2.24, 2.45) is 5.73 Å². The summed E-state index contributed by atoms with van der Waals surface area (Å²) in [6, 6.07) is 0. The second kappa shape index (κ2) is 35.6. The number of aliphatic hydroxyl groups excluding tert-OH is 9. The zero-order valence-corrected chi connectivity index (χ0v) is 44.0. The van der Waals surface area contributed by atoms with Gasteiger partial charge in [0.15, 0.2) is 18.9 Å². The number of nitrogens with one attached hydrogen (secondary N) is 2. The van der Waals surface area contributed by atoms with Crippen LogP contribution in [0.25, 0.3) is 0 Å². The lowest BCUT2D eigenvalue weighted by atomic mass is 9.98. The Balaban J connectivity index is 1.58. The molecular weight excluding hydrogens is 1040 g/mol. The third-order valence-electron chi connectivity index (χ3n) is 12.9. The SMILES string of the molecule is COC(=O)CCN(CCC(=O)OC)C[C@H]1O[C@@H](OCCNC(=O)CCN(CCC(=O)NCCO[C@@H]2O[C@H](CN(CCC(=O)OC)CCC(=O)OC)[C@@H](O)[C@H](O)[C@H]2O)C[C@H]2O[C@@H](OCCN)[C@H](O)[C@@H](O)[C@@H]2O)[C@H](O)[C@@H](O)[C@@H]1O. The van der Waals surface area contributed by atoms with Crippen molar-refractivity contribution in [3.05, 3.63) is 0 Å². The summed E-state index contributed by atoms with van der Waals surface area (Å²) in [5.41, 5.74) is 5.53. The second-order valence-electron chi connectivity index (χ2n) is 18.4. The van der Waals surface area contributed by atoms with Gasteiger partial charge in [-0.05, 0) is 0 Å². The molecule has 446 valence electrons. The van der Waals surface area contributed by atoms with Crippen molar-refractivity contribution in [1.82, 2.24) is 25.3 Å². The molecule has 3 rings (SSSR count). The van der Waals surface area contributed by atoms with Gasteiger partial charge < -0.3 is 110 Å². The highest BCUT2D eigenvalue weighted by Crippen LogP contribution is 2.26. The Bertz CT molecular complexity index is 1640. The Morgan fingerprint density at radius 1 is 0.403 bits per heavy atom. The predicted molar refractivity (Wildman–Crippen MR) is 258 cm³/mol. The molecule has 3 aliphatic heterocycles. The molecule has 0 unspecified atom stereocenters. The van der Waals surface area contributed by atoms with Crippen LogP contribution in [0.5, 0.6) is 0 Å². The van der Waals surface area contributed by atoms with Gasteiger partial charge in [-0.25, -0.2) is 0 Å². The molecule has 0 aromatic heterocycles. The third kappa shape index (κ3) is 23.0. The molecule has 3 heterocycles. The van der Waals surface area contributed by atoms with Crippen LogP contribution in [0.4, 0.5) is 0 Å². The van der Waals surface area contributed by atoms with Gasteiger partial charge in [0.25, 0.3) is 0 Å². The summed E-state index contributed by atoms with van der Waals surface area (Å²) in [7, 11) is 4.85. The van der Waals surface area contributed by atoms with E-state index in [1.165, 1.54) is 28.4 Å². The van der Waals surface area contributed by atoms with E-state index in [0.29, 0.717) is 0 Å². The third-order valence-corrected chi connectivity index (χ3v) is 12.9. The average molecular weight is 1120 g/mol. The maximum absolute atomic E-state index is 13.1. The molecule has 77 heavy (non-hydrogen) atoms. The van der Waals surface area contributed by atoms with Crippen LogP contribution >= 0.6 is 0 Å². The molecule has 0 aromatic carbocycles. The molecule has 0 aromatic rings. The van der Waals surface area contributed by atoms with E-state index in [1.807, 2.05) is 0 Å².